The van der Waals surface area contributed by atoms with Gasteiger partial charge in [0.15, 0.2) is 11.5 Å². The van der Waals surface area contributed by atoms with Gasteiger partial charge in [0.25, 0.3) is 0 Å². The Kier molecular flexibility index (Phi) is 5.93. The Bertz CT molecular complexity index is 780. The number of ether oxygens (including phenoxy) is 3. The Balaban J connectivity index is 1.86. The van der Waals surface area contributed by atoms with Gasteiger partial charge in [0, 0.05) is 6.54 Å². The fourth-order valence-corrected chi connectivity index (χ4v) is 4.16. The van der Waals surface area contributed by atoms with E-state index in [0.717, 1.165) is 16.9 Å². The van der Waals surface area contributed by atoms with Crippen molar-refractivity contribution in [1.29, 1.82) is 0 Å². The van der Waals surface area contributed by atoms with Crippen molar-refractivity contribution in [2.45, 2.75) is 18.8 Å². The molecule has 1 aliphatic heterocycles. The van der Waals surface area contributed by atoms with Gasteiger partial charge in [0.2, 0.25) is 5.91 Å². The SMILES string of the molecule is CCOc1cc(C2SCC(=O)N2Cc2cccc(OC)c2)ccc1OC. The van der Waals surface area contributed by atoms with Crippen LogP contribution in [0.5, 0.6) is 17.2 Å². The fourth-order valence-electron chi connectivity index (χ4n) is 2.98. The van der Waals surface area contributed by atoms with E-state index in [1.807, 2.05) is 54.3 Å². The van der Waals surface area contributed by atoms with Crippen LogP contribution in [-0.2, 0) is 11.3 Å². The molecule has 1 fully saturated rings. The number of benzene rings is 2. The van der Waals surface area contributed by atoms with Crippen LogP contribution in [0.2, 0.25) is 0 Å². The van der Waals surface area contributed by atoms with Crippen LogP contribution in [0.25, 0.3) is 0 Å². The summed E-state index contributed by atoms with van der Waals surface area (Å²) in [5.41, 5.74) is 2.08. The van der Waals surface area contributed by atoms with E-state index in [2.05, 4.69) is 0 Å². The highest BCUT2D eigenvalue weighted by Crippen LogP contribution is 2.42. The zero-order valence-electron chi connectivity index (χ0n) is 15.2. The summed E-state index contributed by atoms with van der Waals surface area (Å²) in [6.07, 6.45) is 0. The molecule has 1 amide bonds. The van der Waals surface area contributed by atoms with Crippen molar-refractivity contribution >= 4 is 17.7 Å². The van der Waals surface area contributed by atoms with Crippen molar-refractivity contribution in [2.24, 2.45) is 0 Å². The summed E-state index contributed by atoms with van der Waals surface area (Å²) in [5, 5.41) is -0.0428. The van der Waals surface area contributed by atoms with Crippen LogP contribution in [0, 0.1) is 0 Å². The normalized spacial score (nSPS) is 16.7. The van der Waals surface area contributed by atoms with Crippen LogP contribution in [0.4, 0.5) is 0 Å². The molecule has 138 valence electrons. The average Bonchev–Trinajstić information content (AvgIpc) is 3.02. The molecule has 0 N–H and O–H groups in total. The third-order valence-electron chi connectivity index (χ3n) is 4.23. The van der Waals surface area contributed by atoms with E-state index in [1.54, 1.807) is 26.0 Å². The number of hydrogen-bond acceptors (Lipinski definition) is 5. The molecular formula is C20H23NO4S. The number of carbonyl (C=O) groups is 1. The highest BCUT2D eigenvalue weighted by Gasteiger charge is 2.33. The Labute approximate surface area is 158 Å². The Morgan fingerprint density at radius 1 is 1.12 bits per heavy atom. The van der Waals surface area contributed by atoms with Gasteiger partial charge in [0.1, 0.15) is 11.1 Å². The predicted molar refractivity (Wildman–Crippen MR) is 103 cm³/mol. The minimum atomic E-state index is -0.0428. The van der Waals surface area contributed by atoms with Gasteiger partial charge in [-0.25, -0.2) is 0 Å². The van der Waals surface area contributed by atoms with Crippen LogP contribution in [0.1, 0.15) is 23.4 Å². The molecule has 5 nitrogen and oxygen atoms in total. The molecule has 0 aromatic heterocycles. The summed E-state index contributed by atoms with van der Waals surface area (Å²) >= 11 is 1.63. The molecule has 26 heavy (non-hydrogen) atoms. The lowest BCUT2D eigenvalue weighted by Crippen LogP contribution is -2.27. The van der Waals surface area contributed by atoms with E-state index in [4.69, 9.17) is 14.2 Å². The number of methoxy groups -OCH3 is 2. The first kappa shape index (κ1) is 18.5. The van der Waals surface area contributed by atoms with Gasteiger partial charge in [-0.15, -0.1) is 11.8 Å². The summed E-state index contributed by atoms with van der Waals surface area (Å²) in [6.45, 7) is 3.04. The summed E-state index contributed by atoms with van der Waals surface area (Å²) in [5.74, 6) is 2.81. The first-order valence-corrected chi connectivity index (χ1v) is 9.56. The number of hydrogen-bond donors (Lipinski definition) is 0. The van der Waals surface area contributed by atoms with Gasteiger partial charge in [-0.3, -0.25) is 4.79 Å². The standard InChI is InChI=1S/C20H23NO4S/c1-4-25-18-11-15(8-9-17(18)24-3)20-21(19(22)13-26-20)12-14-6-5-7-16(10-14)23-2/h5-11,20H,4,12-13H2,1-3H3. The first-order valence-electron chi connectivity index (χ1n) is 8.51. The van der Waals surface area contributed by atoms with Gasteiger partial charge < -0.3 is 19.1 Å². The van der Waals surface area contributed by atoms with Crippen molar-refractivity contribution in [1.82, 2.24) is 4.90 Å². The van der Waals surface area contributed by atoms with Crippen molar-refractivity contribution in [3.05, 3.63) is 53.6 Å². The highest BCUT2D eigenvalue weighted by molar-refractivity contribution is 8.00. The third-order valence-corrected chi connectivity index (χ3v) is 5.48. The molecule has 6 heteroatoms. The Morgan fingerprint density at radius 3 is 2.69 bits per heavy atom. The zero-order valence-corrected chi connectivity index (χ0v) is 16.0. The molecule has 0 spiro atoms. The minimum Gasteiger partial charge on any atom is -0.497 e. The van der Waals surface area contributed by atoms with Gasteiger partial charge in [-0.2, -0.15) is 0 Å². The topological polar surface area (TPSA) is 48.0 Å². The van der Waals surface area contributed by atoms with Crippen molar-refractivity contribution in [3.8, 4) is 17.2 Å². The largest absolute Gasteiger partial charge is 0.497 e. The highest BCUT2D eigenvalue weighted by atomic mass is 32.2. The summed E-state index contributed by atoms with van der Waals surface area (Å²) in [4.78, 5) is 14.4. The quantitative estimate of drug-likeness (QED) is 0.737. The lowest BCUT2D eigenvalue weighted by atomic mass is 10.1. The molecule has 1 unspecified atom stereocenters. The van der Waals surface area contributed by atoms with E-state index in [1.165, 1.54) is 0 Å². The summed E-state index contributed by atoms with van der Waals surface area (Å²) in [6, 6.07) is 13.7. The van der Waals surface area contributed by atoms with E-state index >= 15 is 0 Å². The van der Waals surface area contributed by atoms with E-state index in [9.17, 15) is 4.79 Å². The summed E-state index contributed by atoms with van der Waals surface area (Å²) in [7, 11) is 3.27. The second-order valence-corrected chi connectivity index (χ2v) is 6.95. The fraction of sp³-hybridized carbons (Fsp3) is 0.350. The lowest BCUT2D eigenvalue weighted by molar-refractivity contribution is -0.128. The molecule has 1 atom stereocenters. The van der Waals surface area contributed by atoms with Gasteiger partial charge in [-0.1, -0.05) is 18.2 Å². The predicted octanol–water partition coefficient (Wildman–Crippen LogP) is 3.88. The van der Waals surface area contributed by atoms with Crippen LogP contribution in [0.15, 0.2) is 42.5 Å². The van der Waals surface area contributed by atoms with Crippen LogP contribution in [-0.4, -0.2) is 37.4 Å². The molecule has 2 aromatic carbocycles. The van der Waals surface area contributed by atoms with Crippen LogP contribution < -0.4 is 14.2 Å². The molecule has 0 aliphatic carbocycles. The maximum absolute atomic E-state index is 12.5. The summed E-state index contributed by atoms with van der Waals surface area (Å²) < 4.78 is 16.3. The smallest absolute Gasteiger partial charge is 0.234 e. The minimum absolute atomic E-state index is 0.0428. The van der Waals surface area contributed by atoms with E-state index in [-0.39, 0.29) is 11.3 Å². The average molecular weight is 373 g/mol. The third kappa shape index (κ3) is 3.90. The second-order valence-electron chi connectivity index (χ2n) is 5.88. The Morgan fingerprint density at radius 2 is 1.96 bits per heavy atom. The Hall–Kier alpha value is -2.34. The van der Waals surface area contributed by atoms with E-state index < -0.39 is 0 Å². The number of carbonyl (C=O) groups excluding carboxylic acids is 1. The van der Waals surface area contributed by atoms with Crippen LogP contribution >= 0.6 is 11.8 Å². The van der Waals surface area contributed by atoms with Crippen molar-refractivity contribution in [2.75, 3.05) is 26.6 Å². The molecule has 0 bridgehead atoms. The monoisotopic (exact) mass is 373 g/mol. The molecule has 1 saturated heterocycles. The van der Waals surface area contributed by atoms with Crippen molar-refractivity contribution < 1.29 is 19.0 Å². The number of rotatable bonds is 7. The molecule has 1 aliphatic rings. The van der Waals surface area contributed by atoms with Gasteiger partial charge in [0.05, 0.1) is 26.6 Å². The second kappa shape index (κ2) is 8.36. The maximum atomic E-state index is 12.5. The molecule has 0 saturated carbocycles. The van der Waals surface area contributed by atoms with Gasteiger partial charge in [-0.05, 0) is 42.3 Å². The molecule has 3 rings (SSSR count). The molecule has 1 heterocycles. The van der Waals surface area contributed by atoms with Crippen LogP contribution in [0.3, 0.4) is 0 Å². The first-order chi connectivity index (χ1) is 12.7. The number of nitrogens with zero attached hydrogens (tertiary/aromatic N) is 1. The van der Waals surface area contributed by atoms with E-state index in [0.29, 0.717) is 30.4 Å². The molecular weight excluding hydrogens is 350 g/mol. The van der Waals surface area contributed by atoms with Gasteiger partial charge >= 0.3 is 0 Å². The molecule has 0 radical (unpaired) electrons. The lowest BCUT2D eigenvalue weighted by Gasteiger charge is -2.25. The number of amides is 1. The van der Waals surface area contributed by atoms with Crippen molar-refractivity contribution in [3.63, 3.8) is 0 Å². The number of thioether (sulfide) groups is 1. The zero-order chi connectivity index (χ0) is 18.5. The maximum Gasteiger partial charge on any atom is 0.234 e. The molecule has 2 aromatic rings.